The van der Waals surface area contributed by atoms with Crippen LogP contribution >= 0.6 is 0 Å². The number of hydrogen-bond donors (Lipinski definition) is 3. The number of carbonyl (C=O) groups is 2. The zero-order valence-corrected chi connectivity index (χ0v) is 18.1. The summed E-state index contributed by atoms with van der Waals surface area (Å²) in [5, 5.41) is 21.1. The molecule has 2 aromatic rings. The smallest absolute Gasteiger partial charge is 0.431 e. The molecule has 190 valence electrons. The third-order valence-corrected chi connectivity index (χ3v) is 5.02. The maximum atomic E-state index is 15.1. The van der Waals surface area contributed by atoms with Crippen molar-refractivity contribution in [2.75, 3.05) is 5.32 Å². The Hall–Kier alpha value is -4.42. The summed E-state index contributed by atoms with van der Waals surface area (Å²) in [6, 6.07) is 3.07. The Morgan fingerprint density at radius 1 is 1.25 bits per heavy atom. The van der Waals surface area contributed by atoms with Crippen molar-refractivity contribution in [2.45, 2.75) is 37.6 Å². The highest BCUT2D eigenvalue weighted by Gasteiger charge is 2.71. The highest BCUT2D eigenvalue weighted by Crippen LogP contribution is 2.51. The van der Waals surface area contributed by atoms with Crippen molar-refractivity contribution in [3.8, 4) is 6.07 Å². The molecule has 0 aromatic carbocycles. The highest BCUT2D eigenvalue weighted by molar-refractivity contribution is 6.03. The molecular weight excluding hydrogens is 502 g/mol. The average Bonchev–Trinajstić information content (AvgIpc) is 2.76. The number of carbonyl (C=O) groups excluding carboxylic acids is 1. The molecule has 2 atom stereocenters. The summed E-state index contributed by atoms with van der Waals surface area (Å²) in [6.07, 6.45) is -10.5. The molecule has 3 N–H and O–H groups in total. The van der Waals surface area contributed by atoms with Gasteiger partial charge in [-0.05, 0) is 37.6 Å². The van der Waals surface area contributed by atoms with Crippen LogP contribution in [0.4, 0.5) is 37.0 Å². The fourth-order valence-corrected chi connectivity index (χ4v) is 3.28. The van der Waals surface area contributed by atoms with Crippen molar-refractivity contribution in [3.05, 3.63) is 52.7 Å². The lowest BCUT2D eigenvalue weighted by Gasteiger charge is -2.42. The van der Waals surface area contributed by atoms with E-state index in [9.17, 15) is 27.2 Å². The van der Waals surface area contributed by atoms with Gasteiger partial charge in [0.15, 0.2) is 5.54 Å². The molecule has 36 heavy (non-hydrogen) atoms. The number of halogens is 6. The first-order valence-corrected chi connectivity index (χ1v) is 9.66. The SMILES string of the molecule is Cc1cc(C#N)cnc1C(=O)Nc1ccc(F)c([C@@]2(C)N=C(NC(=O)O)O[C@H](C(F)(F)F)C2(F)F)n1. The number of pyridine rings is 2. The molecule has 0 aliphatic carbocycles. The molecule has 0 fully saturated rings. The zero-order chi connectivity index (χ0) is 27.1. The molecule has 0 saturated carbocycles. The lowest BCUT2D eigenvalue weighted by molar-refractivity contribution is -0.288. The van der Waals surface area contributed by atoms with Crippen molar-refractivity contribution < 1.29 is 45.8 Å². The Morgan fingerprint density at radius 2 is 1.92 bits per heavy atom. The Kier molecular flexibility index (Phi) is 6.53. The first-order chi connectivity index (χ1) is 16.6. The Morgan fingerprint density at radius 3 is 2.47 bits per heavy atom. The number of amidine groups is 1. The number of nitrogens with one attached hydrogen (secondary N) is 2. The number of rotatable bonds is 3. The van der Waals surface area contributed by atoms with Gasteiger partial charge in [0.1, 0.15) is 29.1 Å². The van der Waals surface area contributed by atoms with Crippen LogP contribution in [-0.2, 0) is 10.3 Å². The minimum Gasteiger partial charge on any atom is -0.465 e. The minimum atomic E-state index is -5.73. The van der Waals surface area contributed by atoms with E-state index in [0.717, 1.165) is 12.3 Å². The summed E-state index contributed by atoms with van der Waals surface area (Å²) < 4.78 is 89.2. The molecule has 0 bridgehead atoms. The van der Waals surface area contributed by atoms with Gasteiger partial charge in [0, 0.05) is 6.20 Å². The summed E-state index contributed by atoms with van der Waals surface area (Å²) in [5.41, 5.74) is -4.58. The van der Waals surface area contributed by atoms with Gasteiger partial charge in [-0.1, -0.05) is 0 Å². The molecule has 3 heterocycles. The topological polar surface area (TPSA) is 150 Å². The minimum absolute atomic E-state index is 0.142. The molecule has 16 heteroatoms. The third kappa shape index (κ3) is 4.72. The predicted octanol–water partition coefficient (Wildman–Crippen LogP) is 3.48. The Bertz CT molecular complexity index is 1310. The van der Waals surface area contributed by atoms with E-state index in [1.807, 2.05) is 6.07 Å². The van der Waals surface area contributed by atoms with Crippen LogP contribution in [0.3, 0.4) is 0 Å². The standard InChI is InChI=1S/C20H14F6N6O4/c1-8-5-9(6-27)7-28-12(8)14(33)30-11-4-3-10(21)13(29-11)18(2)19(22,23)15(20(24,25)26)36-16(32-18)31-17(34)35/h3-5,7,15H,1-2H3,(H,31,32)(H,34,35)(H,29,30,33)/t15-,18+/m0/s1. The number of aryl methyl sites for hydroxylation is 1. The summed E-state index contributed by atoms with van der Waals surface area (Å²) in [6.45, 7) is 1.85. The van der Waals surface area contributed by atoms with Crippen LogP contribution in [0.2, 0.25) is 0 Å². The molecule has 2 aromatic heterocycles. The van der Waals surface area contributed by atoms with E-state index in [4.69, 9.17) is 10.4 Å². The maximum Gasteiger partial charge on any atom is 0.431 e. The van der Waals surface area contributed by atoms with E-state index in [-0.39, 0.29) is 16.8 Å². The van der Waals surface area contributed by atoms with Crippen molar-refractivity contribution in [3.63, 3.8) is 0 Å². The van der Waals surface area contributed by atoms with Gasteiger partial charge >= 0.3 is 18.2 Å². The number of carboxylic acid groups (broad SMARTS) is 1. The van der Waals surface area contributed by atoms with Gasteiger partial charge in [0.2, 0.25) is 0 Å². The molecule has 1 aliphatic heterocycles. The molecule has 0 spiro atoms. The molecular formula is C20H14F6N6O4. The van der Waals surface area contributed by atoms with Gasteiger partial charge in [0.25, 0.3) is 18.0 Å². The summed E-state index contributed by atoms with van der Waals surface area (Å²) in [4.78, 5) is 34.0. The van der Waals surface area contributed by atoms with Crippen LogP contribution in [0.15, 0.2) is 29.4 Å². The average molecular weight is 516 g/mol. The molecule has 0 saturated heterocycles. The summed E-state index contributed by atoms with van der Waals surface area (Å²) in [5.74, 6) is -8.02. The second-order valence-corrected chi connectivity index (χ2v) is 7.56. The van der Waals surface area contributed by atoms with Gasteiger partial charge in [0.05, 0.1) is 5.56 Å². The number of ether oxygens (including phenoxy) is 1. The predicted molar refractivity (Wildman–Crippen MR) is 108 cm³/mol. The fraction of sp³-hybridized carbons (Fsp3) is 0.300. The first kappa shape index (κ1) is 26.2. The van der Waals surface area contributed by atoms with Gasteiger partial charge in [-0.15, -0.1) is 0 Å². The molecule has 3 rings (SSSR count). The van der Waals surface area contributed by atoms with Crippen LogP contribution in [0, 0.1) is 24.1 Å². The third-order valence-electron chi connectivity index (χ3n) is 5.02. The normalized spacial score (nSPS) is 21.0. The second kappa shape index (κ2) is 8.98. The van der Waals surface area contributed by atoms with Gasteiger partial charge in [-0.2, -0.15) is 27.2 Å². The van der Waals surface area contributed by atoms with Crippen molar-refractivity contribution in [2.24, 2.45) is 4.99 Å². The zero-order valence-electron chi connectivity index (χ0n) is 18.1. The van der Waals surface area contributed by atoms with Crippen LogP contribution < -0.4 is 10.6 Å². The number of aliphatic imine (C=N–C) groups is 1. The van der Waals surface area contributed by atoms with Crippen LogP contribution in [0.25, 0.3) is 0 Å². The molecule has 2 amide bonds. The van der Waals surface area contributed by atoms with E-state index in [2.05, 4.69) is 25.0 Å². The summed E-state index contributed by atoms with van der Waals surface area (Å²) >= 11 is 0. The number of nitriles is 1. The van der Waals surface area contributed by atoms with Crippen molar-refractivity contribution >= 4 is 23.8 Å². The lowest BCUT2D eigenvalue weighted by atomic mass is 9.84. The number of anilines is 1. The second-order valence-electron chi connectivity index (χ2n) is 7.56. The van der Waals surface area contributed by atoms with E-state index in [0.29, 0.717) is 13.0 Å². The van der Waals surface area contributed by atoms with Crippen LogP contribution in [-0.4, -0.2) is 51.3 Å². The first-order valence-electron chi connectivity index (χ1n) is 9.66. The van der Waals surface area contributed by atoms with Crippen molar-refractivity contribution in [1.82, 2.24) is 15.3 Å². The van der Waals surface area contributed by atoms with E-state index >= 15 is 8.78 Å². The van der Waals surface area contributed by atoms with Gasteiger partial charge in [-0.3, -0.25) is 4.79 Å². The molecule has 10 nitrogen and oxygen atoms in total. The van der Waals surface area contributed by atoms with Crippen molar-refractivity contribution in [1.29, 1.82) is 5.26 Å². The van der Waals surface area contributed by atoms with Gasteiger partial charge < -0.3 is 15.2 Å². The molecule has 0 unspecified atom stereocenters. The van der Waals surface area contributed by atoms with E-state index in [1.165, 1.54) is 18.3 Å². The number of alkyl halides is 5. The summed E-state index contributed by atoms with van der Waals surface area (Å²) in [7, 11) is 0. The number of hydrogen-bond acceptors (Lipinski definition) is 7. The largest absolute Gasteiger partial charge is 0.465 e. The van der Waals surface area contributed by atoms with E-state index in [1.54, 1.807) is 0 Å². The number of aromatic nitrogens is 2. The highest BCUT2D eigenvalue weighted by atomic mass is 19.4. The molecule has 0 radical (unpaired) electrons. The monoisotopic (exact) mass is 516 g/mol. The fourth-order valence-electron chi connectivity index (χ4n) is 3.28. The Balaban J connectivity index is 2.08. The molecule has 1 aliphatic rings. The van der Waals surface area contributed by atoms with Gasteiger partial charge in [-0.25, -0.2) is 29.5 Å². The van der Waals surface area contributed by atoms with E-state index < -0.39 is 59.1 Å². The maximum absolute atomic E-state index is 15.1. The lowest BCUT2D eigenvalue weighted by Crippen LogP contribution is -2.62. The quantitative estimate of drug-likeness (QED) is 0.529. The number of nitrogens with zero attached hydrogens (tertiary/aromatic N) is 4. The Labute approximate surface area is 197 Å². The number of amides is 2. The van der Waals surface area contributed by atoms with Crippen LogP contribution in [0.1, 0.15) is 34.2 Å². The van der Waals surface area contributed by atoms with Crippen LogP contribution in [0.5, 0.6) is 0 Å².